The van der Waals surface area contributed by atoms with Crippen LogP contribution in [0.1, 0.15) is 29.9 Å². The molecule has 1 saturated heterocycles. The number of fused-ring (bicyclic) bond motifs is 1. The molecule has 0 bridgehead atoms. The molecule has 2 amide bonds. The van der Waals surface area contributed by atoms with E-state index in [-0.39, 0.29) is 17.9 Å². The third-order valence-corrected chi connectivity index (χ3v) is 5.92. The van der Waals surface area contributed by atoms with E-state index in [0.717, 1.165) is 16.5 Å². The fourth-order valence-corrected chi connectivity index (χ4v) is 4.09. The lowest BCUT2D eigenvalue weighted by Gasteiger charge is -2.36. The summed E-state index contributed by atoms with van der Waals surface area (Å²) in [5, 5.41) is 1.04. The minimum atomic E-state index is 0.0232. The predicted octanol–water partition coefficient (Wildman–Crippen LogP) is 3.36. The summed E-state index contributed by atoms with van der Waals surface area (Å²) in [4.78, 5) is 35.1. The van der Waals surface area contributed by atoms with Crippen molar-refractivity contribution in [3.63, 3.8) is 0 Å². The Balaban J connectivity index is 1.32. The maximum absolute atomic E-state index is 13.0. The van der Waals surface area contributed by atoms with Crippen LogP contribution < -0.4 is 0 Å². The first-order valence-electron chi connectivity index (χ1n) is 10.9. The Hall–Kier alpha value is -3.12. The first-order chi connectivity index (χ1) is 15.0. The Morgan fingerprint density at radius 3 is 2.32 bits per heavy atom. The van der Waals surface area contributed by atoms with Crippen molar-refractivity contribution in [3.8, 4) is 0 Å². The van der Waals surface area contributed by atoms with E-state index < -0.39 is 0 Å². The fourth-order valence-electron chi connectivity index (χ4n) is 4.09. The molecule has 6 heteroatoms. The third-order valence-electron chi connectivity index (χ3n) is 5.92. The van der Waals surface area contributed by atoms with Gasteiger partial charge >= 0.3 is 0 Å². The molecular formula is C25H30N4O2. The van der Waals surface area contributed by atoms with Crippen LogP contribution >= 0.6 is 0 Å². The number of carbonyl (C=O) groups excluding carboxylic acids is 2. The van der Waals surface area contributed by atoms with Crippen LogP contribution in [0.25, 0.3) is 10.9 Å². The Morgan fingerprint density at radius 1 is 0.968 bits per heavy atom. The van der Waals surface area contributed by atoms with Crippen molar-refractivity contribution in [1.82, 2.24) is 19.7 Å². The molecule has 0 unspecified atom stereocenters. The number of rotatable bonds is 6. The first kappa shape index (κ1) is 21.1. The van der Waals surface area contributed by atoms with Gasteiger partial charge in [-0.25, -0.2) is 0 Å². The van der Waals surface area contributed by atoms with Gasteiger partial charge in [0.2, 0.25) is 5.91 Å². The van der Waals surface area contributed by atoms with Gasteiger partial charge in [-0.15, -0.1) is 0 Å². The smallest absolute Gasteiger partial charge is 0.270 e. The van der Waals surface area contributed by atoms with Gasteiger partial charge in [0.15, 0.2) is 0 Å². The second-order valence-electron chi connectivity index (χ2n) is 8.44. The fraction of sp³-hybridized carbons (Fsp3) is 0.360. The summed E-state index contributed by atoms with van der Waals surface area (Å²) in [7, 11) is 0. The highest BCUT2D eigenvalue weighted by Gasteiger charge is 2.26. The van der Waals surface area contributed by atoms with E-state index in [4.69, 9.17) is 0 Å². The van der Waals surface area contributed by atoms with E-state index >= 15 is 0 Å². The number of aromatic amines is 1. The normalized spacial score (nSPS) is 14.9. The molecule has 6 nitrogen and oxygen atoms in total. The van der Waals surface area contributed by atoms with Crippen molar-refractivity contribution < 1.29 is 9.59 Å². The van der Waals surface area contributed by atoms with E-state index in [1.54, 1.807) is 0 Å². The van der Waals surface area contributed by atoms with Gasteiger partial charge in [0, 0.05) is 49.7 Å². The standard InChI is InChI=1S/C25H30N4O2/c1-19(2)29(17-20-8-4-3-5-9-20)24(30)18-27-12-14-28(15-13-27)25(31)23-16-21-10-6-7-11-22(21)26-23/h3-11,16,19,26H,12-15,17-18H2,1-2H3. The molecule has 0 spiro atoms. The van der Waals surface area contributed by atoms with Gasteiger partial charge < -0.3 is 14.8 Å². The average molecular weight is 419 g/mol. The zero-order valence-electron chi connectivity index (χ0n) is 18.3. The molecule has 0 saturated carbocycles. The summed E-state index contributed by atoms with van der Waals surface area (Å²) in [5.41, 5.74) is 2.74. The Labute approximate surface area is 183 Å². The van der Waals surface area contributed by atoms with Gasteiger partial charge in [0.25, 0.3) is 5.91 Å². The number of para-hydroxylation sites is 1. The van der Waals surface area contributed by atoms with E-state index in [0.29, 0.717) is 45.0 Å². The lowest BCUT2D eigenvalue weighted by atomic mass is 10.2. The number of benzene rings is 2. The van der Waals surface area contributed by atoms with Crippen molar-refractivity contribution in [2.45, 2.75) is 26.4 Å². The zero-order chi connectivity index (χ0) is 21.8. The van der Waals surface area contributed by atoms with Crippen molar-refractivity contribution in [3.05, 3.63) is 71.9 Å². The van der Waals surface area contributed by atoms with Crippen LogP contribution in [0, 0.1) is 0 Å². The van der Waals surface area contributed by atoms with Crippen LogP contribution in [0.4, 0.5) is 0 Å². The summed E-state index contributed by atoms with van der Waals surface area (Å²) in [6.07, 6.45) is 0. The van der Waals surface area contributed by atoms with Crippen molar-refractivity contribution >= 4 is 22.7 Å². The number of carbonyl (C=O) groups is 2. The highest BCUT2D eigenvalue weighted by atomic mass is 16.2. The SMILES string of the molecule is CC(C)N(Cc1ccccc1)C(=O)CN1CCN(C(=O)c2cc3ccccc3[nH]2)CC1. The summed E-state index contributed by atoms with van der Waals surface area (Å²) in [6.45, 7) is 7.78. The highest BCUT2D eigenvalue weighted by molar-refractivity contribution is 5.98. The number of hydrogen-bond donors (Lipinski definition) is 1. The second-order valence-corrected chi connectivity index (χ2v) is 8.44. The van der Waals surface area contributed by atoms with Crippen LogP contribution in [0.2, 0.25) is 0 Å². The van der Waals surface area contributed by atoms with E-state index in [1.807, 2.05) is 58.3 Å². The third kappa shape index (κ3) is 4.97. The molecule has 2 aromatic carbocycles. The topological polar surface area (TPSA) is 59.7 Å². The van der Waals surface area contributed by atoms with Gasteiger partial charge in [-0.3, -0.25) is 14.5 Å². The molecule has 31 heavy (non-hydrogen) atoms. The number of nitrogens with zero attached hydrogens (tertiary/aromatic N) is 3. The number of hydrogen-bond acceptors (Lipinski definition) is 3. The van der Waals surface area contributed by atoms with Crippen LogP contribution in [0.15, 0.2) is 60.7 Å². The van der Waals surface area contributed by atoms with Crippen molar-refractivity contribution in [1.29, 1.82) is 0 Å². The molecule has 1 aliphatic rings. The zero-order valence-corrected chi connectivity index (χ0v) is 18.3. The lowest BCUT2D eigenvalue weighted by molar-refractivity contribution is -0.135. The van der Waals surface area contributed by atoms with Crippen LogP contribution in [-0.4, -0.2) is 70.3 Å². The van der Waals surface area contributed by atoms with Crippen molar-refractivity contribution in [2.75, 3.05) is 32.7 Å². The molecule has 1 N–H and O–H groups in total. The van der Waals surface area contributed by atoms with Gasteiger partial charge in [-0.2, -0.15) is 0 Å². The monoisotopic (exact) mass is 418 g/mol. The Kier molecular flexibility index (Phi) is 6.37. The molecule has 0 radical (unpaired) electrons. The quantitative estimate of drug-likeness (QED) is 0.668. The minimum Gasteiger partial charge on any atom is -0.351 e. The summed E-state index contributed by atoms with van der Waals surface area (Å²) in [6, 6.07) is 20.1. The highest BCUT2D eigenvalue weighted by Crippen LogP contribution is 2.17. The number of H-pyrrole nitrogens is 1. The maximum Gasteiger partial charge on any atom is 0.270 e. The van der Waals surface area contributed by atoms with E-state index in [1.165, 1.54) is 0 Å². The summed E-state index contributed by atoms with van der Waals surface area (Å²) >= 11 is 0. The van der Waals surface area contributed by atoms with Crippen LogP contribution in [-0.2, 0) is 11.3 Å². The van der Waals surface area contributed by atoms with Gasteiger partial charge in [0.1, 0.15) is 5.69 Å². The van der Waals surface area contributed by atoms with Gasteiger partial charge in [-0.1, -0.05) is 48.5 Å². The summed E-state index contributed by atoms with van der Waals surface area (Å²) < 4.78 is 0. The largest absolute Gasteiger partial charge is 0.351 e. The number of piperazine rings is 1. The molecule has 4 rings (SSSR count). The minimum absolute atomic E-state index is 0.0232. The van der Waals surface area contributed by atoms with E-state index in [9.17, 15) is 9.59 Å². The molecule has 1 fully saturated rings. The Morgan fingerprint density at radius 2 is 1.65 bits per heavy atom. The molecule has 162 valence electrons. The molecule has 1 aromatic heterocycles. The van der Waals surface area contributed by atoms with Crippen molar-refractivity contribution in [2.24, 2.45) is 0 Å². The van der Waals surface area contributed by atoms with E-state index in [2.05, 4.69) is 35.9 Å². The number of aromatic nitrogens is 1. The molecule has 1 aliphatic heterocycles. The second kappa shape index (κ2) is 9.35. The maximum atomic E-state index is 13.0. The van der Waals surface area contributed by atoms with Gasteiger partial charge in [-0.05, 0) is 31.5 Å². The lowest BCUT2D eigenvalue weighted by Crippen LogP contribution is -2.52. The first-order valence-corrected chi connectivity index (χ1v) is 10.9. The Bertz CT molecular complexity index is 1000. The number of amides is 2. The average Bonchev–Trinajstić information content (AvgIpc) is 3.22. The molecule has 3 aromatic rings. The molecular weight excluding hydrogens is 388 g/mol. The van der Waals surface area contributed by atoms with Crippen LogP contribution in [0.3, 0.4) is 0 Å². The molecule has 2 heterocycles. The molecule has 0 aliphatic carbocycles. The van der Waals surface area contributed by atoms with Gasteiger partial charge in [0.05, 0.1) is 6.54 Å². The summed E-state index contributed by atoms with van der Waals surface area (Å²) in [5.74, 6) is 0.157. The predicted molar refractivity (Wildman–Crippen MR) is 123 cm³/mol. The number of nitrogens with one attached hydrogen (secondary N) is 1. The molecule has 0 atom stereocenters. The van der Waals surface area contributed by atoms with Crippen LogP contribution in [0.5, 0.6) is 0 Å².